The lowest BCUT2D eigenvalue weighted by Gasteiger charge is -2.29. The summed E-state index contributed by atoms with van der Waals surface area (Å²) in [7, 11) is 0. The first-order valence-corrected chi connectivity index (χ1v) is 26.7. The van der Waals surface area contributed by atoms with E-state index in [1.807, 2.05) is 34.0 Å². The summed E-state index contributed by atoms with van der Waals surface area (Å²) in [5, 5.41) is 7.64. The Hall–Kier alpha value is -8.52. The van der Waals surface area contributed by atoms with Crippen LogP contribution in [0.15, 0.2) is 261 Å². The van der Waals surface area contributed by atoms with Gasteiger partial charge in [0.15, 0.2) is 0 Å². The van der Waals surface area contributed by atoms with E-state index in [1.54, 1.807) is 0 Å². The third-order valence-electron chi connectivity index (χ3n) is 13.8. The Morgan fingerprint density at radius 1 is 0.181 bits per heavy atom. The van der Waals surface area contributed by atoms with Crippen LogP contribution in [0.3, 0.4) is 0 Å². The first kappa shape index (κ1) is 42.4. The van der Waals surface area contributed by atoms with Gasteiger partial charge < -0.3 is 14.7 Å². The van der Waals surface area contributed by atoms with E-state index in [2.05, 4.69) is 276 Å². The minimum Gasteiger partial charge on any atom is -0.310 e. The van der Waals surface area contributed by atoms with Gasteiger partial charge in [0.1, 0.15) is 0 Å². The Bertz CT molecular complexity index is 4270. The second-order valence-electron chi connectivity index (χ2n) is 18.1. The summed E-state index contributed by atoms with van der Waals surface area (Å²) >= 11 is 5.57. The summed E-state index contributed by atoms with van der Waals surface area (Å²) in [5.74, 6) is 0. The first-order chi connectivity index (χ1) is 35.7. The second-order valence-corrected chi connectivity index (χ2v) is 21.4. The van der Waals surface area contributed by atoms with Gasteiger partial charge in [-0.05, 0) is 151 Å². The highest BCUT2D eigenvalue weighted by Crippen LogP contribution is 2.47. The van der Waals surface area contributed by atoms with Crippen LogP contribution >= 0.6 is 34.0 Å². The molecule has 340 valence electrons. The highest BCUT2D eigenvalue weighted by atomic mass is 32.1. The van der Waals surface area contributed by atoms with Crippen molar-refractivity contribution in [2.75, 3.05) is 14.7 Å². The van der Waals surface area contributed by atoms with Crippen LogP contribution in [0.1, 0.15) is 0 Å². The quantitative estimate of drug-likeness (QED) is 0.135. The molecule has 0 aliphatic rings. The van der Waals surface area contributed by atoms with Crippen molar-refractivity contribution in [2.45, 2.75) is 0 Å². The minimum absolute atomic E-state index is 1.08. The summed E-state index contributed by atoms with van der Waals surface area (Å²) in [6.45, 7) is 0. The molecule has 0 saturated heterocycles. The molecular formula is C66H43N3S3. The van der Waals surface area contributed by atoms with Crippen molar-refractivity contribution in [1.29, 1.82) is 0 Å². The molecule has 3 nitrogen and oxygen atoms in total. The molecule has 11 aromatic carbocycles. The standard InChI is InChI=1S/C66H43N3S3/c1-4-17-46(18-5-1)67(47-19-6-2-7-20-47)49-23-14-16-44(38-49)45-30-35-63-58(39-45)57-34-31-54(43-66(57)72-63)69(53-33-37-65-60(42-53)56-27-11-13-29-62(56)71-65)51-25-15-24-50(40-51)68(48-21-8-3-9-22-48)52-32-36-64-59(41-52)55-26-10-12-28-61(55)70-64/h1-43H. The van der Waals surface area contributed by atoms with E-state index in [4.69, 9.17) is 0 Å². The van der Waals surface area contributed by atoms with Gasteiger partial charge in [0.2, 0.25) is 0 Å². The molecule has 6 heteroatoms. The molecule has 0 saturated carbocycles. The van der Waals surface area contributed by atoms with Gasteiger partial charge in [-0.1, -0.05) is 121 Å². The maximum absolute atomic E-state index is 2.44. The molecule has 3 heterocycles. The van der Waals surface area contributed by atoms with Crippen LogP contribution in [-0.4, -0.2) is 0 Å². The number of anilines is 9. The van der Waals surface area contributed by atoms with Gasteiger partial charge in [-0.15, -0.1) is 34.0 Å². The number of benzene rings is 11. The third kappa shape index (κ3) is 7.47. The van der Waals surface area contributed by atoms with Crippen LogP contribution in [0.25, 0.3) is 71.6 Å². The second kappa shape index (κ2) is 17.7. The van der Waals surface area contributed by atoms with Crippen LogP contribution in [0.5, 0.6) is 0 Å². The van der Waals surface area contributed by atoms with Crippen molar-refractivity contribution < 1.29 is 0 Å². The fourth-order valence-electron chi connectivity index (χ4n) is 10.5. The van der Waals surface area contributed by atoms with Crippen LogP contribution in [0.2, 0.25) is 0 Å². The zero-order valence-corrected chi connectivity index (χ0v) is 41.3. The molecule has 14 rings (SSSR count). The van der Waals surface area contributed by atoms with Gasteiger partial charge in [0, 0.05) is 112 Å². The van der Waals surface area contributed by atoms with Crippen molar-refractivity contribution in [2.24, 2.45) is 0 Å². The van der Waals surface area contributed by atoms with Crippen LogP contribution in [0.4, 0.5) is 51.2 Å². The van der Waals surface area contributed by atoms with Gasteiger partial charge in [0.25, 0.3) is 0 Å². The zero-order chi connectivity index (χ0) is 47.5. The number of nitrogens with zero attached hydrogens (tertiary/aromatic N) is 3. The van der Waals surface area contributed by atoms with E-state index in [0.29, 0.717) is 0 Å². The molecule has 0 spiro atoms. The topological polar surface area (TPSA) is 9.72 Å². The first-order valence-electron chi connectivity index (χ1n) is 24.2. The molecule has 0 fully saturated rings. The summed E-state index contributed by atoms with van der Waals surface area (Å²) < 4.78 is 7.70. The molecule has 0 amide bonds. The molecule has 0 aliphatic carbocycles. The van der Waals surface area contributed by atoms with Crippen molar-refractivity contribution >= 4 is 146 Å². The average molecular weight is 974 g/mol. The molecule has 0 aliphatic heterocycles. The van der Waals surface area contributed by atoms with Crippen molar-refractivity contribution in [3.63, 3.8) is 0 Å². The van der Waals surface area contributed by atoms with E-state index in [0.717, 1.165) is 51.2 Å². The lowest BCUT2D eigenvalue weighted by Crippen LogP contribution is -2.13. The normalized spacial score (nSPS) is 11.6. The summed E-state index contributed by atoms with van der Waals surface area (Å²) in [6, 6.07) is 95.4. The molecular weight excluding hydrogens is 931 g/mol. The molecule has 0 radical (unpaired) electrons. The third-order valence-corrected chi connectivity index (χ3v) is 17.2. The lowest BCUT2D eigenvalue weighted by atomic mass is 10.0. The van der Waals surface area contributed by atoms with Crippen molar-refractivity contribution in [1.82, 2.24) is 0 Å². The monoisotopic (exact) mass is 973 g/mol. The van der Waals surface area contributed by atoms with Gasteiger partial charge in [0.05, 0.1) is 0 Å². The van der Waals surface area contributed by atoms with Gasteiger partial charge >= 0.3 is 0 Å². The smallest absolute Gasteiger partial charge is 0.0482 e. The highest BCUT2D eigenvalue weighted by molar-refractivity contribution is 7.26. The number of rotatable bonds is 10. The Labute approximate surface area is 429 Å². The number of para-hydroxylation sites is 3. The lowest BCUT2D eigenvalue weighted by molar-refractivity contribution is 1.26. The Morgan fingerprint density at radius 2 is 0.528 bits per heavy atom. The summed E-state index contributed by atoms with van der Waals surface area (Å²) in [4.78, 5) is 7.17. The van der Waals surface area contributed by atoms with Crippen LogP contribution in [0, 0.1) is 0 Å². The summed E-state index contributed by atoms with van der Waals surface area (Å²) in [5.41, 5.74) is 12.3. The number of hydrogen-bond acceptors (Lipinski definition) is 6. The van der Waals surface area contributed by atoms with Crippen LogP contribution in [-0.2, 0) is 0 Å². The Morgan fingerprint density at radius 3 is 1.10 bits per heavy atom. The molecule has 0 bridgehead atoms. The number of hydrogen-bond donors (Lipinski definition) is 0. The average Bonchev–Trinajstić information content (AvgIpc) is 4.13. The molecule has 0 unspecified atom stereocenters. The van der Waals surface area contributed by atoms with E-state index in [9.17, 15) is 0 Å². The molecule has 0 N–H and O–H groups in total. The SMILES string of the molecule is c1ccc(N(c2ccccc2)c2cccc(-c3ccc4sc5cc(N(c6cccc(N(c7ccccc7)c7ccc8sc9ccccc9c8c7)c6)c6ccc7sc8ccccc8c7c6)ccc5c4c3)c2)cc1. The van der Waals surface area contributed by atoms with Gasteiger partial charge in [-0.3, -0.25) is 0 Å². The van der Waals surface area contributed by atoms with Gasteiger partial charge in [-0.25, -0.2) is 0 Å². The molecule has 14 aromatic rings. The van der Waals surface area contributed by atoms with E-state index >= 15 is 0 Å². The van der Waals surface area contributed by atoms with Gasteiger partial charge in [-0.2, -0.15) is 0 Å². The zero-order valence-electron chi connectivity index (χ0n) is 38.9. The molecule has 3 aromatic heterocycles. The largest absolute Gasteiger partial charge is 0.310 e. The molecule has 0 atom stereocenters. The predicted octanol–water partition coefficient (Wildman–Crippen LogP) is 20.9. The minimum atomic E-state index is 1.08. The molecule has 72 heavy (non-hydrogen) atoms. The fraction of sp³-hybridized carbons (Fsp3) is 0. The summed E-state index contributed by atoms with van der Waals surface area (Å²) in [6.07, 6.45) is 0. The number of fused-ring (bicyclic) bond motifs is 9. The van der Waals surface area contributed by atoms with Crippen LogP contribution < -0.4 is 14.7 Å². The van der Waals surface area contributed by atoms with E-state index in [1.165, 1.54) is 71.6 Å². The highest BCUT2D eigenvalue weighted by Gasteiger charge is 2.21. The Kier molecular flexibility index (Phi) is 10.4. The van der Waals surface area contributed by atoms with Crippen molar-refractivity contribution in [3.05, 3.63) is 261 Å². The maximum atomic E-state index is 2.44. The van der Waals surface area contributed by atoms with E-state index < -0.39 is 0 Å². The Balaban J connectivity index is 0.893. The maximum Gasteiger partial charge on any atom is 0.0482 e. The fourth-order valence-corrected chi connectivity index (χ4v) is 13.8. The van der Waals surface area contributed by atoms with Crippen molar-refractivity contribution in [3.8, 4) is 11.1 Å². The van der Waals surface area contributed by atoms with E-state index in [-0.39, 0.29) is 0 Å². The predicted molar refractivity (Wildman–Crippen MR) is 315 cm³/mol. The number of thiophene rings is 3.